The Morgan fingerprint density at radius 2 is 1.69 bits per heavy atom. The average Bonchev–Trinajstić information content (AvgIpc) is 2.75. The van der Waals surface area contributed by atoms with Crippen LogP contribution in [0.25, 0.3) is 11.1 Å². The molecule has 0 bridgehead atoms. The second-order valence-electron chi connectivity index (χ2n) is 7.72. The van der Waals surface area contributed by atoms with Crippen molar-refractivity contribution in [2.24, 2.45) is 5.92 Å². The summed E-state index contributed by atoms with van der Waals surface area (Å²) in [5.41, 5.74) is 2.10. The molecule has 9 heteroatoms. The number of carboxylic acids is 1. The van der Waals surface area contributed by atoms with Gasteiger partial charge >= 0.3 is 17.8 Å². The molecule has 1 amide bonds. The molecule has 0 unspecified atom stereocenters. The molecule has 2 aromatic rings. The third-order valence-electron chi connectivity index (χ3n) is 4.57. The van der Waals surface area contributed by atoms with Crippen molar-refractivity contribution in [1.29, 1.82) is 0 Å². The largest absolute Gasteiger partial charge is 0.479 e. The Labute approximate surface area is 196 Å². The number of hydrogen-bond acceptors (Lipinski definition) is 5. The quantitative estimate of drug-likeness (QED) is 0.371. The Balaban J connectivity index is 2.23. The summed E-state index contributed by atoms with van der Waals surface area (Å²) >= 11 is 12.9. The molecule has 0 fully saturated rings. The first-order valence-electron chi connectivity index (χ1n) is 10.0. The van der Waals surface area contributed by atoms with Crippen LogP contribution in [0.3, 0.4) is 0 Å². The van der Waals surface area contributed by atoms with Crippen LogP contribution in [0.15, 0.2) is 42.5 Å². The molecule has 2 rings (SSSR count). The minimum Gasteiger partial charge on any atom is -0.479 e. The number of esters is 1. The number of halogens is 2. The van der Waals surface area contributed by atoms with E-state index in [0.717, 1.165) is 5.56 Å². The predicted octanol–water partition coefficient (Wildman–Crippen LogP) is 3.72. The molecular formula is C23H25Cl2NO6. The van der Waals surface area contributed by atoms with E-state index in [4.69, 9.17) is 33.0 Å². The number of aliphatic hydroxyl groups excluding tert-OH is 1. The number of aliphatic hydroxyl groups is 1. The van der Waals surface area contributed by atoms with Crippen molar-refractivity contribution in [3.63, 3.8) is 0 Å². The Bertz CT molecular complexity index is 964. The van der Waals surface area contributed by atoms with Gasteiger partial charge in [0.2, 0.25) is 0 Å². The first-order valence-corrected chi connectivity index (χ1v) is 10.8. The zero-order valence-electron chi connectivity index (χ0n) is 17.7. The van der Waals surface area contributed by atoms with Crippen molar-refractivity contribution in [2.75, 3.05) is 6.61 Å². The van der Waals surface area contributed by atoms with Gasteiger partial charge in [0.15, 0.2) is 6.10 Å². The average molecular weight is 482 g/mol. The molecule has 0 saturated carbocycles. The standard InChI is InChI=1S/C23H25Cl2NO6/c1-13(2)12-32-23(31)21(28)26-16(11-18(27)22(29)30)10-15-8-9-17(20(25)19(15)24)14-6-4-3-5-7-14/h3-9,13,16,18,27H,10-12H2,1-2H3,(H,26,28)(H,29,30)/t16-,18-/m1/s1. The highest BCUT2D eigenvalue weighted by Gasteiger charge is 2.26. The van der Waals surface area contributed by atoms with E-state index in [1.807, 2.05) is 44.2 Å². The highest BCUT2D eigenvalue weighted by molar-refractivity contribution is 6.44. The van der Waals surface area contributed by atoms with Gasteiger partial charge in [0, 0.05) is 18.0 Å². The number of aliphatic carboxylic acids is 1. The number of carbonyl (C=O) groups excluding carboxylic acids is 2. The lowest BCUT2D eigenvalue weighted by Crippen LogP contribution is -2.44. The third-order valence-corrected chi connectivity index (χ3v) is 5.50. The number of amides is 1. The van der Waals surface area contributed by atoms with Gasteiger partial charge in [-0.25, -0.2) is 9.59 Å². The van der Waals surface area contributed by atoms with Gasteiger partial charge in [-0.1, -0.05) is 79.5 Å². The second kappa shape index (κ2) is 11.9. The van der Waals surface area contributed by atoms with Gasteiger partial charge in [-0.2, -0.15) is 0 Å². The Kier molecular flexibility index (Phi) is 9.50. The maximum absolute atomic E-state index is 12.2. The Hall–Kier alpha value is -2.61. The van der Waals surface area contributed by atoms with Gasteiger partial charge in [0.05, 0.1) is 16.7 Å². The van der Waals surface area contributed by atoms with Gasteiger partial charge in [-0.05, 0) is 23.5 Å². The second-order valence-corrected chi connectivity index (χ2v) is 8.48. The lowest BCUT2D eigenvalue weighted by molar-refractivity contribution is -0.156. The van der Waals surface area contributed by atoms with Crippen LogP contribution in [0.5, 0.6) is 0 Å². The van der Waals surface area contributed by atoms with Crippen LogP contribution < -0.4 is 5.32 Å². The maximum Gasteiger partial charge on any atom is 0.396 e. The molecule has 0 aromatic heterocycles. The fraction of sp³-hybridized carbons (Fsp3) is 0.348. The number of ether oxygens (including phenoxy) is 1. The molecule has 0 radical (unpaired) electrons. The topological polar surface area (TPSA) is 113 Å². The monoisotopic (exact) mass is 481 g/mol. The first kappa shape index (κ1) is 25.6. The molecule has 172 valence electrons. The van der Waals surface area contributed by atoms with Gasteiger partial charge in [-0.3, -0.25) is 4.79 Å². The molecule has 0 aliphatic rings. The molecule has 2 atom stereocenters. The highest BCUT2D eigenvalue weighted by atomic mass is 35.5. The normalized spacial score (nSPS) is 12.8. The van der Waals surface area contributed by atoms with E-state index < -0.39 is 30.0 Å². The number of rotatable bonds is 9. The summed E-state index contributed by atoms with van der Waals surface area (Å²) in [6, 6.07) is 11.9. The molecular weight excluding hydrogens is 457 g/mol. The van der Waals surface area contributed by atoms with E-state index in [-0.39, 0.29) is 30.4 Å². The van der Waals surface area contributed by atoms with Gasteiger partial charge in [0.1, 0.15) is 0 Å². The number of hydrogen-bond donors (Lipinski definition) is 3. The summed E-state index contributed by atoms with van der Waals surface area (Å²) in [6.07, 6.45) is -2.04. The number of nitrogens with one attached hydrogen (secondary N) is 1. The van der Waals surface area contributed by atoms with Crippen molar-refractivity contribution < 1.29 is 29.3 Å². The summed E-state index contributed by atoms with van der Waals surface area (Å²) in [5.74, 6) is -3.52. The highest BCUT2D eigenvalue weighted by Crippen LogP contribution is 2.36. The SMILES string of the molecule is CC(C)COC(=O)C(=O)N[C@H](Cc1ccc(-c2ccccc2)c(Cl)c1Cl)C[C@@H](O)C(=O)O. The van der Waals surface area contributed by atoms with Crippen LogP contribution in [-0.2, 0) is 25.5 Å². The molecule has 0 spiro atoms. The first-order chi connectivity index (χ1) is 15.1. The van der Waals surface area contributed by atoms with E-state index in [1.165, 1.54) is 0 Å². The number of benzene rings is 2. The molecule has 3 N–H and O–H groups in total. The number of carbonyl (C=O) groups is 3. The van der Waals surface area contributed by atoms with Crippen LogP contribution >= 0.6 is 23.2 Å². The molecule has 0 saturated heterocycles. The molecule has 0 aliphatic heterocycles. The fourth-order valence-corrected chi connectivity index (χ4v) is 3.50. The lowest BCUT2D eigenvalue weighted by atomic mass is 9.97. The predicted molar refractivity (Wildman–Crippen MR) is 122 cm³/mol. The van der Waals surface area contributed by atoms with E-state index in [2.05, 4.69) is 5.32 Å². The molecule has 0 aliphatic carbocycles. The van der Waals surface area contributed by atoms with E-state index >= 15 is 0 Å². The zero-order chi connectivity index (χ0) is 23.8. The van der Waals surface area contributed by atoms with Crippen molar-refractivity contribution in [3.05, 3.63) is 58.1 Å². The minimum atomic E-state index is -1.75. The van der Waals surface area contributed by atoms with Crippen molar-refractivity contribution >= 4 is 41.0 Å². The van der Waals surface area contributed by atoms with Crippen LogP contribution in [-0.4, -0.2) is 46.8 Å². The summed E-state index contributed by atoms with van der Waals surface area (Å²) in [4.78, 5) is 35.2. The third kappa shape index (κ3) is 7.22. The van der Waals surface area contributed by atoms with Crippen LogP contribution in [0, 0.1) is 5.92 Å². The number of carboxylic acid groups (broad SMARTS) is 1. The zero-order valence-corrected chi connectivity index (χ0v) is 19.2. The Morgan fingerprint density at radius 3 is 2.28 bits per heavy atom. The summed E-state index contributed by atoms with van der Waals surface area (Å²) in [7, 11) is 0. The summed E-state index contributed by atoms with van der Waals surface area (Å²) in [6.45, 7) is 3.71. The van der Waals surface area contributed by atoms with Crippen LogP contribution in [0.2, 0.25) is 10.0 Å². The maximum atomic E-state index is 12.2. The lowest BCUT2D eigenvalue weighted by Gasteiger charge is -2.21. The summed E-state index contributed by atoms with van der Waals surface area (Å²) < 4.78 is 4.90. The van der Waals surface area contributed by atoms with Crippen molar-refractivity contribution in [2.45, 2.75) is 38.8 Å². The minimum absolute atomic E-state index is 0.0421. The van der Waals surface area contributed by atoms with Gasteiger partial charge in [-0.15, -0.1) is 0 Å². The van der Waals surface area contributed by atoms with Crippen molar-refractivity contribution in [1.82, 2.24) is 5.32 Å². The van der Waals surface area contributed by atoms with Gasteiger partial charge < -0.3 is 20.3 Å². The van der Waals surface area contributed by atoms with Crippen molar-refractivity contribution in [3.8, 4) is 11.1 Å². The van der Waals surface area contributed by atoms with E-state index in [0.29, 0.717) is 16.1 Å². The van der Waals surface area contributed by atoms with Crippen LogP contribution in [0.1, 0.15) is 25.8 Å². The van der Waals surface area contributed by atoms with Crippen LogP contribution in [0.4, 0.5) is 0 Å². The van der Waals surface area contributed by atoms with Gasteiger partial charge in [0.25, 0.3) is 0 Å². The van der Waals surface area contributed by atoms with E-state index in [9.17, 15) is 19.5 Å². The smallest absolute Gasteiger partial charge is 0.396 e. The molecule has 0 heterocycles. The Morgan fingerprint density at radius 1 is 1.03 bits per heavy atom. The molecule has 7 nitrogen and oxygen atoms in total. The molecule has 2 aromatic carbocycles. The van der Waals surface area contributed by atoms with E-state index in [1.54, 1.807) is 12.1 Å². The molecule has 32 heavy (non-hydrogen) atoms. The fourth-order valence-electron chi connectivity index (χ4n) is 2.97. The summed E-state index contributed by atoms with van der Waals surface area (Å²) in [5, 5.41) is 21.8.